The third-order valence-corrected chi connectivity index (χ3v) is 2.89. The zero-order chi connectivity index (χ0) is 9.68. The molecule has 0 saturated carbocycles. The molecule has 0 aliphatic carbocycles. The van der Waals surface area contributed by atoms with Gasteiger partial charge >= 0.3 is 0 Å². The molecule has 0 N–H and O–H groups in total. The first kappa shape index (κ1) is 10.6. The number of benzene rings is 1. The summed E-state index contributed by atoms with van der Waals surface area (Å²) in [7, 11) is 0. The van der Waals surface area contributed by atoms with Crippen LogP contribution in [-0.4, -0.2) is 11.5 Å². The van der Waals surface area contributed by atoms with Gasteiger partial charge in [0.05, 0.1) is 5.75 Å². The highest BCUT2D eigenvalue weighted by Gasteiger charge is 1.96. The Morgan fingerprint density at radius 2 is 2.00 bits per heavy atom. The highest BCUT2D eigenvalue weighted by atomic mass is 35.5. The fraction of sp³-hybridized carbons (Fsp3) is 0.300. The van der Waals surface area contributed by atoms with Gasteiger partial charge in [-0.15, -0.1) is 11.8 Å². The summed E-state index contributed by atoms with van der Waals surface area (Å²) in [5, 5.41) is 0.750. The molecule has 0 heterocycles. The van der Waals surface area contributed by atoms with E-state index in [1.54, 1.807) is 18.7 Å². The van der Waals surface area contributed by atoms with Gasteiger partial charge in [-0.1, -0.05) is 23.7 Å². The maximum Gasteiger partial charge on any atom is 0.139 e. The Balaban J connectivity index is 2.37. The van der Waals surface area contributed by atoms with Crippen LogP contribution in [0.1, 0.15) is 12.5 Å². The first-order valence-corrected chi connectivity index (χ1v) is 5.53. The molecule has 1 nitrogen and oxygen atoms in total. The van der Waals surface area contributed by atoms with Crippen molar-refractivity contribution in [3.63, 3.8) is 0 Å². The topological polar surface area (TPSA) is 17.1 Å². The molecule has 0 saturated heterocycles. The lowest BCUT2D eigenvalue weighted by Crippen LogP contribution is -1.93. The van der Waals surface area contributed by atoms with Crippen molar-refractivity contribution in [2.75, 3.05) is 5.75 Å². The molecule has 1 aromatic carbocycles. The molecule has 1 rings (SSSR count). The van der Waals surface area contributed by atoms with Crippen molar-refractivity contribution < 1.29 is 4.79 Å². The molecule has 3 heteroatoms. The Kier molecular flexibility index (Phi) is 4.33. The van der Waals surface area contributed by atoms with Crippen LogP contribution in [0.25, 0.3) is 0 Å². The average molecular weight is 215 g/mol. The predicted octanol–water partition coefficient (Wildman–Crippen LogP) is 3.16. The number of hydrogen-bond donors (Lipinski definition) is 0. The van der Waals surface area contributed by atoms with E-state index in [2.05, 4.69) is 0 Å². The van der Waals surface area contributed by atoms with Gasteiger partial charge in [-0.3, -0.25) is 4.79 Å². The van der Waals surface area contributed by atoms with Gasteiger partial charge in [0.2, 0.25) is 0 Å². The molecule has 0 aromatic heterocycles. The van der Waals surface area contributed by atoms with Crippen LogP contribution in [0.3, 0.4) is 0 Å². The van der Waals surface area contributed by atoms with Gasteiger partial charge in [0.1, 0.15) is 5.78 Å². The maximum absolute atomic E-state index is 10.6. The molecule has 0 atom stereocenters. The van der Waals surface area contributed by atoms with Gasteiger partial charge in [-0.25, -0.2) is 0 Å². The van der Waals surface area contributed by atoms with E-state index in [1.165, 1.54) is 5.56 Å². The Bertz CT molecular complexity index is 281. The lowest BCUT2D eigenvalue weighted by molar-refractivity contribution is -0.114. The van der Waals surface area contributed by atoms with E-state index in [0.717, 1.165) is 10.8 Å². The van der Waals surface area contributed by atoms with Crippen LogP contribution in [0.15, 0.2) is 24.3 Å². The molecular weight excluding hydrogens is 204 g/mol. The highest BCUT2D eigenvalue weighted by molar-refractivity contribution is 7.99. The summed E-state index contributed by atoms with van der Waals surface area (Å²) in [6.45, 7) is 1.61. The number of carbonyl (C=O) groups is 1. The minimum absolute atomic E-state index is 0.221. The zero-order valence-corrected chi connectivity index (χ0v) is 8.99. The SMILES string of the molecule is CC(=O)CSCc1ccc(Cl)cc1. The Hall–Kier alpha value is -0.470. The van der Waals surface area contributed by atoms with Crippen LogP contribution < -0.4 is 0 Å². The molecule has 0 amide bonds. The molecule has 70 valence electrons. The minimum atomic E-state index is 0.221. The second kappa shape index (κ2) is 5.30. The number of halogens is 1. The third-order valence-electron chi connectivity index (χ3n) is 1.49. The molecule has 0 bridgehead atoms. The van der Waals surface area contributed by atoms with E-state index < -0.39 is 0 Å². The largest absolute Gasteiger partial charge is 0.299 e. The molecule has 0 unspecified atom stereocenters. The van der Waals surface area contributed by atoms with E-state index in [0.29, 0.717) is 5.75 Å². The van der Waals surface area contributed by atoms with E-state index >= 15 is 0 Å². The van der Waals surface area contributed by atoms with Crippen LogP contribution in [0, 0.1) is 0 Å². The third kappa shape index (κ3) is 4.34. The molecule has 0 spiro atoms. The minimum Gasteiger partial charge on any atom is -0.299 e. The molecule has 0 aliphatic rings. The predicted molar refractivity (Wildman–Crippen MR) is 58.3 cm³/mol. The molecule has 0 fully saturated rings. The number of ketones is 1. The van der Waals surface area contributed by atoms with Crippen LogP contribution in [-0.2, 0) is 10.5 Å². The van der Waals surface area contributed by atoms with Crippen molar-refractivity contribution in [1.82, 2.24) is 0 Å². The summed E-state index contributed by atoms with van der Waals surface area (Å²) < 4.78 is 0. The highest BCUT2D eigenvalue weighted by Crippen LogP contribution is 2.15. The lowest BCUT2D eigenvalue weighted by atomic mass is 10.2. The molecule has 0 radical (unpaired) electrons. The first-order valence-electron chi connectivity index (χ1n) is 4.00. The maximum atomic E-state index is 10.6. The van der Waals surface area contributed by atoms with Crippen molar-refractivity contribution in [2.45, 2.75) is 12.7 Å². The summed E-state index contributed by atoms with van der Waals surface area (Å²) in [6.07, 6.45) is 0. The van der Waals surface area contributed by atoms with Crippen molar-refractivity contribution in [3.8, 4) is 0 Å². The van der Waals surface area contributed by atoms with E-state index in [4.69, 9.17) is 11.6 Å². The second-order valence-corrected chi connectivity index (χ2v) is 4.24. The number of Topliss-reactive ketones (excluding diaryl/α,β-unsaturated/α-hetero) is 1. The number of rotatable bonds is 4. The van der Waals surface area contributed by atoms with Gasteiger partial charge in [0.15, 0.2) is 0 Å². The molecule has 0 aliphatic heterocycles. The fourth-order valence-corrected chi connectivity index (χ4v) is 1.84. The quantitative estimate of drug-likeness (QED) is 0.766. The summed E-state index contributed by atoms with van der Waals surface area (Å²) in [4.78, 5) is 10.6. The molecule has 13 heavy (non-hydrogen) atoms. The zero-order valence-electron chi connectivity index (χ0n) is 7.42. The summed E-state index contributed by atoms with van der Waals surface area (Å²) in [5.41, 5.74) is 1.20. The van der Waals surface area contributed by atoms with Gasteiger partial charge in [-0.05, 0) is 24.6 Å². The van der Waals surface area contributed by atoms with Crippen molar-refractivity contribution >= 4 is 29.1 Å². The average Bonchev–Trinajstić information content (AvgIpc) is 2.08. The number of thioether (sulfide) groups is 1. The smallest absolute Gasteiger partial charge is 0.139 e. The van der Waals surface area contributed by atoms with Crippen LogP contribution in [0.4, 0.5) is 0 Å². The normalized spacial score (nSPS) is 10.0. The summed E-state index contributed by atoms with van der Waals surface area (Å²) in [6, 6.07) is 7.70. The Labute approximate surface area is 87.5 Å². The van der Waals surface area contributed by atoms with Gasteiger partial charge in [0.25, 0.3) is 0 Å². The second-order valence-electron chi connectivity index (χ2n) is 2.82. The van der Waals surface area contributed by atoms with E-state index in [1.807, 2.05) is 24.3 Å². The fourth-order valence-electron chi connectivity index (χ4n) is 0.893. The first-order chi connectivity index (χ1) is 6.18. The summed E-state index contributed by atoms with van der Waals surface area (Å²) in [5.74, 6) is 1.68. The van der Waals surface area contributed by atoms with Crippen molar-refractivity contribution in [3.05, 3.63) is 34.9 Å². The summed E-state index contributed by atoms with van der Waals surface area (Å²) >= 11 is 7.36. The Morgan fingerprint density at radius 1 is 1.38 bits per heavy atom. The van der Waals surface area contributed by atoms with Gasteiger partial charge < -0.3 is 0 Å². The van der Waals surface area contributed by atoms with E-state index in [-0.39, 0.29) is 5.78 Å². The lowest BCUT2D eigenvalue weighted by Gasteiger charge is -1.99. The van der Waals surface area contributed by atoms with Crippen LogP contribution in [0.2, 0.25) is 5.02 Å². The Morgan fingerprint density at radius 3 is 2.54 bits per heavy atom. The number of hydrogen-bond acceptors (Lipinski definition) is 2. The van der Waals surface area contributed by atoms with Crippen LogP contribution >= 0.6 is 23.4 Å². The van der Waals surface area contributed by atoms with Crippen molar-refractivity contribution in [2.24, 2.45) is 0 Å². The van der Waals surface area contributed by atoms with Gasteiger partial charge in [0, 0.05) is 10.8 Å². The van der Waals surface area contributed by atoms with Gasteiger partial charge in [-0.2, -0.15) is 0 Å². The number of carbonyl (C=O) groups excluding carboxylic acids is 1. The standard InChI is InChI=1S/C10H11ClOS/c1-8(12)6-13-7-9-2-4-10(11)5-3-9/h2-5H,6-7H2,1H3. The molecule has 1 aromatic rings. The van der Waals surface area contributed by atoms with E-state index in [9.17, 15) is 4.79 Å². The monoisotopic (exact) mass is 214 g/mol. The molecular formula is C10H11ClOS. The van der Waals surface area contributed by atoms with Crippen LogP contribution in [0.5, 0.6) is 0 Å². The van der Waals surface area contributed by atoms with Crippen molar-refractivity contribution in [1.29, 1.82) is 0 Å².